The first-order valence-electron chi connectivity index (χ1n) is 12.3. The second-order valence-electron chi connectivity index (χ2n) is 9.42. The highest BCUT2D eigenvalue weighted by Crippen LogP contribution is 2.28. The van der Waals surface area contributed by atoms with Crippen LogP contribution in [-0.4, -0.2) is 38.1 Å². The molecule has 194 valence electrons. The zero-order valence-electron chi connectivity index (χ0n) is 22.5. The van der Waals surface area contributed by atoms with Crippen molar-refractivity contribution in [2.75, 3.05) is 0 Å². The van der Waals surface area contributed by atoms with Gasteiger partial charge in [-0.25, -0.2) is 9.97 Å². The number of carbonyl (C=O) groups excluding carboxylic acids is 4. The molecule has 2 aliphatic carbocycles. The Bertz CT molecular complexity index is 1400. The molecule has 8 heteroatoms. The summed E-state index contributed by atoms with van der Waals surface area (Å²) in [7, 11) is 0. The van der Waals surface area contributed by atoms with Gasteiger partial charge in [0.2, 0.25) is 0 Å². The Hall–Kier alpha value is -3.52. The molecule has 0 aromatic carbocycles. The zero-order chi connectivity index (χ0) is 27.4. The van der Waals surface area contributed by atoms with E-state index in [1.54, 1.807) is 65.3 Å². The topological polar surface area (TPSA) is 110 Å². The molecule has 0 fully saturated rings. The number of thiazole rings is 1. The van der Waals surface area contributed by atoms with E-state index in [1.807, 2.05) is 13.1 Å². The number of nitrogens with one attached hydrogen (secondary N) is 1. The molecule has 0 saturated carbocycles. The van der Waals surface area contributed by atoms with E-state index < -0.39 is 0 Å². The summed E-state index contributed by atoms with van der Waals surface area (Å²) in [4.78, 5) is 60.9. The molecule has 0 bridgehead atoms. The molecule has 2 aromatic heterocycles. The van der Waals surface area contributed by atoms with Crippen LogP contribution in [0.1, 0.15) is 70.1 Å². The first-order valence-corrected chi connectivity index (χ1v) is 13.1. The van der Waals surface area contributed by atoms with Gasteiger partial charge >= 0.3 is 0 Å². The molecule has 37 heavy (non-hydrogen) atoms. The largest absolute Gasteiger partial charge is 0.349 e. The fraction of sp³-hybridized carbons (Fsp3) is 0.379. The van der Waals surface area contributed by atoms with E-state index in [-0.39, 0.29) is 23.1 Å². The van der Waals surface area contributed by atoms with Crippen molar-refractivity contribution in [2.45, 2.75) is 74.1 Å². The smallest absolute Gasteiger partial charge is 0.185 e. The van der Waals surface area contributed by atoms with Gasteiger partial charge in [0.15, 0.2) is 23.1 Å². The number of nitrogens with zero attached hydrogens (tertiary/aromatic N) is 2. The molecule has 0 radical (unpaired) electrons. The molecule has 0 saturated heterocycles. The molecule has 0 atom stereocenters. The van der Waals surface area contributed by atoms with Gasteiger partial charge in [-0.1, -0.05) is 0 Å². The molecule has 7 nitrogen and oxygen atoms in total. The van der Waals surface area contributed by atoms with Crippen molar-refractivity contribution in [1.82, 2.24) is 15.0 Å². The lowest BCUT2D eigenvalue weighted by atomic mass is 9.84. The van der Waals surface area contributed by atoms with Crippen molar-refractivity contribution >= 4 is 34.5 Å². The van der Waals surface area contributed by atoms with E-state index in [4.69, 9.17) is 0 Å². The molecule has 0 unspecified atom stereocenters. The highest BCUT2D eigenvalue weighted by Gasteiger charge is 2.28. The second kappa shape index (κ2) is 11.7. The van der Waals surface area contributed by atoms with Gasteiger partial charge in [0.25, 0.3) is 0 Å². The van der Waals surface area contributed by atoms with Crippen LogP contribution in [0.4, 0.5) is 0 Å². The van der Waals surface area contributed by atoms with Gasteiger partial charge < -0.3 is 4.98 Å². The molecule has 1 N–H and O–H groups in total. The van der Waals surface area contributed by atoms with Gasteiger partial charge in [0.1, 0.15) is 5.82 Å². The van der Waals surface area contributed by atoms with Crippen molar-refractivity contribution in [3.8, 4) is 0 Å². The summed E-state index contributed by atoms with van der Waals surface area (Å²) >= 11 is 1.64. The minimum atomic E-state index is -0.0125. The fourth-order valence-corrected chi connectivity index (χ4v) is 5.13. The number of hydrogen-bond acceptors (Lipinski definition) is 7. The highest BCUT2D eigenvalue weighted by molar-refractivity contribution is 7.11. The van der Waals surface area contributed by atoms with E-state index in [2.05, 4.69) is 15.0 Å². The molecule has 2 aliphatic rings. The number of H-pyrrole nitrogens is 1. The molecular formula is C29H33N3O4S. The van der Waals surface area contributed by atoms with Crippen molar-refractivity contribution in [3.63, 3.8) is 0 Å². The second-order valence-corrected chi connectivity index (χ2v) is 10.7. The Morgan fingerprint density at radius 1 is 0.622 bits per heavy atom. The fourth-order valence-electron chi connectivity index (χ4n) is 4.34. The van der Waals surface area contributed by atoms with E-state index >= 15 is 0 Å². The van der Waals surface area contributed by atoms with E-state index in [0.29, 0.717) is 63.8 Å². The van der Waals surface area contributed by atoms with Crippen molar-refractivity contribution in [1.29, 1.82) is 0 Å². The number of imidazole rings is 1. The molecule has 0 spiro atoms. The van der Waals surface area contributed by atoms with Crippen LogP contribution < -0.4 is 0 Å². The Balaban J connectivity index is 0.000000206. The van der Waals surface area contributed by atoms with Crippen LogP contribution in [0.2, 0.25) is 0 Å². The Morgan fingerprint density at radius 2 is 1.11 bits per heavy atom. The Labute approximate surface area is 221 Å². The van der Waals surface area contributed by atoms with Crippen LogP contribution in [0.25, 0.3) is 0 Å². The SMILES string of the molecule is CC1=C(C)C(=O)C(CCc2ncc(C)s2)=C(C)C1=O.CC1=C(C)C(=O)C(CCc2ncc[nH]2)=C(C)C1=O. The average Bonchev–Trinajstić information content (AvgIpc) is 3.56. The van der Waals surface area contributed by atoms with E-state index in [9.17, 15) is 19.2 Å². The molecule has 4 rings (SSSR count). The lowest BCUT2D eigenvalue weighted by Crippen LogP contribution is -2.21. The predicted molar refractivity (Wildman–Crippen MR) is 144 cm³/mol. The zero-order valence-corrected chi connectivity index (χ0v) is 23.3. The maximum absolute atomic E-state index is 12.2. The lowest BCUT2D eigenvalue weighted by molar-refractivity contribution is -0.116. The van der Waals surface area contributed by atoms with Crippen LogP contribution in [0.5, 0.6) is 0 Å². The van der Waals surface area contributed by atoms with Crippen LogP contribution in [0.15, 0.2) is 63.2 Å². The standard InChI is InChI=1S/C15H17NO2S.C14H16N2O2/c1-8-7-16-13(19-8)6-5-12-11(4)14(17)9(2)10(3)15(12)18;1-8-9(2)14(18)11(10(3)13(8)17)4-5-12-15-6-7-16-12/h7H,5-6H2,1-4H3;6-7H,4-5H2,1-3H3,(H,15,16). The molecular weight excluding hydrogens is 486 g/mol. The Morgan fingerprint density at radius 3 is 1.54 bits per heavy atom. The van der Waals surface area contributed by atoms with Gasteiger partial charge in [0, 0.05) is 80.9 Å². The van der Waals surface area contributed by atoms with Gasteiger partial charge in [-0.15, -0.1) is 11.3 Å². The van der Waals surface area contributed by atoms with Crippen LogP contribution in [0, 0.1) is 6.92 Å². The van der Waals surface area contributed by atoms with Crippen molar-refractivity contribution < 1.29 is 19.2 Å². The van der Waals surface area contributed by atoms with Crippen LogP contribution in [-0.2, 0) is 32.0 Å². The number of aryl methyl sites for hydroxylation is 3. The average molecular weight is 520 g/mol. The minimum absolute atomic E-state index is 0.00224. The number of aromatic amines is 1. The number of carbonyl (C=O) groups is 4. The summed E-state index contributed by atoms with van der Waals surface area (Å²) in [5.41, 5.74) is 4.76. The van der Waals surface area contributed by atoms with Crippen LogP contribution >= 0.6 is 11.3 Å². The van der Waals surface area contributed by atoms with Gasteiger partial charge in [-0.05, 0) is 61.3 Å². The Kier molecular flexibility index (Phi) is 8.86. The van der Waals surface area contributed by atoms with E-state index in [0.717, 1.165) is 17.3 Å². The van der Waals surface area contributed by atoms with Gasteiger partial charge in [-0.3, -0.25) is 19.2 Å². The van der Waals surface area contributed by atoms with E-state index in [1.165, 1.54) is 4.88 Å². The molecule has 2 heterocycles. The van der Waals surface area contributed by atoms with Crippen LogP contribution in [0.3, 0.4) is 0 Å². The van der Waals surface area contributed by atoms with Crippen molar-refractivity contribution in [3.05, 3.63) is 78.9 Å². The summed E-state index contributed by atoms with van der Waals surface area (Å²) < 4.78 is 0. The third kappa shape index (κ3) is 6.07. The summed E-state index contributed by atoms with van der Waals surface area (Å²) in [5.74, 6) is 0.836. The lowest BCUT2D eigenvalue weighted by Gasteiger charge is -2.18. The summed E-state index contributed by atoms with van der Waals surface area (Å²) in [6.07, 6.45) is 7.77. The quantitative estimate of drug-likeness (QED) is 0.516. The molecule has 2 aromatic rings. The molecule has 0 amide bonds. The van der Waals surface area contributed by atoms with Gasteiger partial charge in [0.05, 0.1) is 5.01 Å². The van der Waals surface area contributed by atoms with Gasteiger partial charge in [-0.2, -0.15) is 0 Å². The number of aromatic nitrogens is 3. The maximum Gasteiger partial charge on any atom is 0.185 e. The first kappa shape index (κ1) is 28.1. The monoisotopic (exact) mass is 519 g/mol. The number of ketones is 4. The third-order valence-electron chi connectivity index (χ3n) is 7.05. The third-order valence-corrected chi connectivity index (χ3v) is 8.02. The summed E-state index contributed by atoms with van der Waals surface area (Å²) in [6.45, 7) is 12.4. The number of hydrogen-bond donors (Lipinski definition) is 1. The number of allylic oxidation sites excluding steroid dienone is 8. The molecule has 0 aliphatic heterocycles. The minimum Gasteiger partial charge on any atom is -0.349 e. The summed E-state index contributed by atoms with van der Waals surface area (Å²) in [5, 5.41) is 1.02. The first-order chi connectivity index (χ1) is 17.4. The number of Topliss-reactive ketones (excluding diaryl/α,β-unsaturated/α-hetero) is 4. The number of rotatable bonds is 6. The maximum atomic E-state index is 12.2. The summed E-state index contributed by atoms with van der Waals surface area (Å²) in [6, 6.07) is 0. The highest BCUT2D eigenvalue weighted by atomic mass is 32.1. The predicted octanol–water partition coefficient (Wildman–Crippen LogP) is 5.34. The van der Waals surface area contributed by atoms with Crippen molar-refractivity contribution in [2.24, 2.45) is 0 Å². The normalized spacial score (nSPS) is 16.7.